The molecule has 0 radical (unpaired) electrons. The number of carbonyl (C=O) groups is 1. The lowest BCUT2D eigenvalue weighted by atomic mass is 10.1. The van der Waals surface area contributed by atoms with Crippen LogP contribution < -0.4 is 4.74 Å². The zero-order valence-corrected chi connectivity index (χ0v) is 14.4. The van der Waals surface area contributed by atoms with Crippen molar-refractivity contribution >= 4 is 17.4 Å². The number of nitrogens with zero attached hydrogens (tertiary/aromatic N) is 2. The predicted octanol–water partition coefficient (Wildman–Crippen LogP) is 3.09. The molecule has 2 aromatic rings. The van der Waals surface area contributed by atoms with E-state index in [1.165, 1.54) is 19.2 Å². The van der Waals surface area contributed by atoms with Crippen LogP contribution in [-0.2, 0) is 21.0 Å². The maximum atomic E-state index is 11.1. The number of rotatable bonds is 8. The molecule has 8 nitrogen and oxygen atoms in total. The molecule has 0 saturated heterocycles. The van der Waals surface area contributed by atoms with Gasteiger partial charge in [0, 0.05) is 17.7 Å². The van der Waals surface area contributed by atoms with Gasteiger partial charge < -0.3 is 14.3 Å². The zero-order chi connectivity index (χ0) is 18.9. The molecule has 0 spiro atoms. The molecule has 136 valence electrons. The summed E-state index contributed by atoms with van der Waals surface area (Å²) in [7, 11) is 1.29. The minimum absolute atomic E-state index is 0.0252. The third kappa shape index (κ3) is 5.59. The van der Waals surface area contributed by atoms with E-state index in [0.717, 1.165) is 11.1 Å². The molecule has 0 unspecified atom stereocenters. The monoisotopic (exact) mass is 358 g/mol. The summed E-state index contributed by atoms with van der Waals surface area (Å²) in [6, 6.07) is 13.1. The number of hydrogen-bond acceptors (Lipinski definition) is 7. The number of hydrogen-bond donors (Lipinski definition) is 0. The van der Waals surface area contributed by atoms with E-state index < -0.39 is 10.9 Å². The van der Waals surface area contributed by atoms with E-state index in [1.54, 1.807) is 37.3 Å². The number of nitro groups is 1. The number of carbonyl (C=O) groups excluding carboxylic acids is 1. The van der Waals surface area contributed by atoms with Crippen LogP contribution in [0.15, 0.2) is 53.7 Å². The van der Waals surface area contributed by atoms with Crippen molar-refractivity contribution in [2.45, 2.75) is 13.5 Å². The van der Waals surface area contributed by atoms with Gasteiger partial charge in [0.05, 0.1) is 17.7 Å². The van der Waals surface area contributed by atoms with E-state index in [4.69, 9.17) is 9.57 Å². The van der Waals surface area contributed by atoms with Gasteiger partial charge >= 0.3 is 5.97 Å². The van der Waals surface area contributed by atoms with Crippen LogP contribution in [0.4, 0.5) is 5.69 Å². The van der Waals surface area contributed by atoms with Gasteiger partial charge in [-0.15, -0.1) is 0 Å². The smallest absolute Gasteiger partial charge is 0.343 e. The lowest BCUT2D eigenvalue weighted by Gasteiger charge is -2.07. The van der Waals surface area contributed by atoms with Gasteiger partial charge in [-0.25, -0.2) is 4.79 Å². The van der Waals surface area contributed by atoms with Crippen LogP contribution in [0.25, 0.3) is 0 Å². The van der Waals surface area contributed by atoms with Crippen molar-refractivity contribution in [1.82, 2.24) is 0 Å². The number of non-ortho nitro benzene ring substituents is 1. The number of esters is 1. The van der Waals surface area contributed by atoms with Crippen molar-refractivity contribution in [3.05, 3.63) is 69.8 Å². The van der Waals surface area contributed by atoms with Crippen LogP contribution in [0.3, 0.4) is 0 Å². The summed E-state index contributed by atoms with van der Waals surface area (Å²) in [5.74, 6) is 0.0463. The summed E-state index contributed by atoms with van der Waals surface area (Å²) in [4.78, 5) is 26.6. The fourth-order valence-corrected chi connectivity index (χ4v) is 1.98. The lowest BCUT2D eigenvalue weighted by Crippen LogP contribution is -2.12. The molecule has 0 bridgehead atoms. The van der Waals surface area contributed by atoms with Crippen molar-refractivity contribution < 1.29 is 24.0 Å². The number of ether oxygens (including phenoxy) is 2. The van der Waals surface area contributed by atoms with Gasteiger partial charge in [-0.2, -0.15) is 0 Å². The molecule has 0 aromatic heterocycles. The molecule has 2 rings (SSSR count). The first kappa shape index (κ1) is 18.9. The highest BCUT2D eigenvalue weighted by Gasteiger charge is 2.06. The number of methoxy groups -OCH3 is 1. The van der Waals surface area contributed by atoms with E-state index in [1.807, 2.05) is 6.07 Å². The first-order valence-electron chi connectivity index (χ1n) is 7.69. The Morgan fingerprint density at radius 2 is 1.92 bits per heavy atom. The standard InChI is InChI=1S/C18H18N2O6/c1-13(15-4-3-5-17(10-15)25-12-18(21)24-2)19-26-11-14-6-8-16(9-7-14)20(22)23/h3-10H,11-12H2,1-2H3. The average Bonchev–Trinajstić information content (AvgIpc) is 2.66. The summed E-state index contributed by atoms with van der Waals surface area (Å²) in [5.41, 5.74) is 2.19. The Hall–Kier alpha value is -3.42. The van der Waals surface area contributed by atoms with Crippen molar-refractivity contribution in [3.63, 3.8) is 0 Å². The van der Waals surface area contributed by atoms with Crippen LogP contribution in [0.1, 0.15) is 18.1 Å². The van der Waals surface area contributed by atoms with Gasteiger partial charge in [0.25, 0.3) is 5.69 Å². The first-order chi connectivity index (χ1) is 12.5. The highest BCUT2D eigenvalue weighted by atomic mass is 16.6. The first-order valence-corrected chi connectivity index (χ1v) is 7.69. The second-order valence-electron chi connectivity index (χ2n) is 5.27. The van der Waals surface area contributed by atoms with Gasteiger partial charge in [-0.1, -0.05) is 17.3 Å². The maximum Gasteiger partial charge on any atom is 0.343 e. The molecule has 0 atom stereocenters. The highest BCUT2D eigenvalue weighted by Crippen LogP contribution is 2.15. The molecule has 0 saturated carbocycles. The number of oxime groups is 1. The molecule has 0 heterocycles. The third-order valence-electron chi connectivity index (χ3n) is 3.42. The fraction of sp³-hybridized carbons (Fsp3) is 0.222. The minimum Gasteiger partial charge on any atom is -0.482 e. The quantitative estimate of drug-likeness (QED) is 0.311. The Morgan fingerprint density at radius 3 is 2.58 bits per heavy atom. The normalized spacial score (nSPS) is 10.9. The Bertz CT molecular complexity index is 802. The summed E-state index contributed by atoms with van der Waals surface area (Å²) >= 11 is 0. The lowest BCUT2D eigenvalue weighted by molar-refractivity contribution is -0.384. The molecule has 26 heavy (non-hydrogen) atoms. The van der Waals surface area contributed by atoms with Gasteiger partial charge in [0.15, 0.2) is 6.61 Å². The molecule has 0 fully saturated rings. The second-order valence-corrected chi connectivity index (χ2v) is 5.27. The van der Waals surface area contributed by atoms with E-state index in [-0.39, 0.29) is 18.9 Å². The Kier molecular flexibility index (Phi) is 6.67. The average molecular weight is 358 g/mol. The van der Waals surface area contributed by atoms with Crippen molar-refractivity contribution in [2.75, 3.05) is 13.7 Å². The summed E-state index contributed by atoms with van der Waals surface area (Å²) < 4.78 is 9.85. The summed E-state index contributed by atoms with van der Waals surface area (Å²) in [6.07, 6.45) is 0. The molecule has 0 aliphatic rings. The summed E-state index contributed by atoms with van der Waals surface area (Å²) in [5, 5.41) is 14.7. The van der Waals surface area contributed by atoms with Crippen molar-refractivity contribution in [1.29, 1.82) is 0 Å². The van der Waals surface area contributed by atoms with Crippen molar-refractivity contribution in [3.8, 4) is 5.75 Å². The molecule has 0 aliphatic heterocycles. The van der Waals surface area contributed by atoms with E-state index in [2.05, 4.69) is 9.89 Å². The van der Waals surface area contributed by atoms with Crippen LogP contribution in [0.5, 0.6) is 5.75 Å². The highest BCUT2D eigenvalue weighted by molar-refractivity contribution is 5.98. The minimum atomic E-state index is -0.466. The van der Waals surface area contributed by atoms with Crippen LogP contribution in [0, 0.1) is 10.1 Å². The van der Waals surface area contributed by atoms with E-state index >= 15 is 0 Å². The SMILES string of the molecule is COC(=O)COc1cccc(C(C)=NOCc2ccc([N+](=O)[O-])cc2)c1. The van der Waals surface area contributed by atoms with Crippen LogP contribution >= 0.6 is 0 Å². The van der Waals surface area contributed by atoms with E-state index in [9.17, 15) is 14.9 Å². The number of benzene rings is 2. The molecular formula is C18H18N2O6. The van der Waals surface area contributed by atoms with Gasteiger partial charge in [0.1, 0.15) is 12.4 Å². The summed E-state index contributed by atoms with van der Waals surface area (Å²) in [6.45, 7) is 1.79. The predicted molar refractivity (Wildman–Crippen MR) is 94.0 cm³/mol. The molecule has 8 heteroatoms. The van der Waals surface area contributed by atoms with Crippen LogP contribution in [-0.4, -0.2) is 30.3 Å². The van der Waals surface area contributed by atoms with Gasteiger partial charge in [0.2, 0.25) is 0 Å². The largest absolute Gasteiger partial charge is 0.482 e. The topological polar surface area (TPSA) is 100 Å². The Balaban J connectivity index is 1.94. The number of nitro benzene ring substituents is 1. The Morgan fingerprint density at radius 1 is 1.19 bits per heavy atom. The molecule has 0 N–H and O–H groups in total. The van der Waals surface area contributed by atoms with Crippen molar-refractivity contribution in [2.24, 2.45) is 5.16 Å². The fourth-order valence-electron chi connectivity index (χ4n) is 1.98. The Labute approximate surface area is 150 Å². The molecule has 2 aromatic carbocycles. The van der Waals surface area contributed by atoms with Gasteiger partial charge in [-0.3, -0.25) is 10.1 Å². The molecule has 0 amide bonds. The van der Waals surface area contributed by atoms with Crippen LogP contribution in [0.2, 0.25) is 0 Å². The molecule has 0 aliphatic carbocycles. The third-order valence-corrected chi connectivity index (χ3v) is 3.42. The second kappa shape index (κ2) is 9.16. The van der Waals surface area contributed by atoms with Gasteiger partial charge in [-0.05, 0) is 36.8 Å². The molecular weight excluding hydrogens is 340 g/mol. The maximum absolute atomic E-state index is 11.1. The zero-order valence-electron chi connectivity index (χ0n) is 14.4. The van der Waals surface area contributed by atoms with E-state index in [0.29, 0.717) is 11.5 Å².